The molecule has 0 bridgehead atoms. The SMILES string of the molecule is c1ccc(-c2ccc3c(c2)oc2cccc(N(c4ccc(-c5ccccc5)c5ccccc45)c4cccc5oc6ccccc6c45)c23)cc1. The van der Waals surface area contributed by atoms with Gasteiger partial charge in [-0.1, -0.05) is 127 Å². The molecule has 230 valence electrons. The predicted octanol–water partition coefficient (Wildman–Crippen LogP) is 13.4. The van der Waals surface area contributed by atoms with E-state index in [1.165, 1.54) is 16.5 Å². The van der Waals surface area contributed by atoms with Crippen LogP contribution >= 0.6 is 0 Å². The van der Waals surface area contributed by atoms with Crippen molar-refractivity contribution in [2.24, 2.45) is 0 Å². The molecule has 0 unspecified atom stereocenters. The van der Waals surface area contributed by atoms with Crippen molar-refractivity contribution < 1.29 is 8.83 Å². The van der Waals surface area contributed by atoms with Gasteiger partial charge in [-0.05, 0) is 76.2 Å². The highest BCUT2D eigenvalue weighted by atomic mass is 16.3. The minimum atomic E-state index is 0.845. The van der Waals surface area contributed by atoms with Gasteiger partial charge in [0.05, 0.1) is 27.8 Å². The van der Waals surface area contributed by atoms with Crippen LogP contribution in [0.5, 0.6) is 0 Å². The van der Waals surface area contributed by atoms with Crippen molar-refractivity contribution in [3.05, 3.63) is 176 Å². The van der Waals surface area contributed by atoms with E-state index in [0.29, 0.717) is 0 Å². The quantitative estimate of drug-likeness (QED) is 0.190. The Hall–Kier alpha value is -6.58. The van der Waals surface area contributed by atoms with E-state index in [0.717, 1.165) is 77.5 Å². The Bertz CT molecular complexity index is 2830. The summed E-state index contributed by atoms with van der Waals surface area (Å²) in [6.07, 6.45) is 0. The van der Waals surface area contributed by atoms with Crippen LogP contribution in [0.15, 0.2) is 185 Å². The summed E-state index contributed by atoms with van der Waals surface area (Å²) in [6.45, 7) is 0. The Balaban J connectivity index is 1.30. The number of anilines is 3. The lowest BCUT2D eigenvalue weighted by molar-refractivity contribution is 0.669. The monoisotopic (exact) mass is 627 g/mol. The van der Waals surface area contributed by atoms with Crippen LogP contribution in [0.1, 0.15) is 0 Å². The van der Waals surface area contributed by atoms with Gasteiger partial charge in [0.1, 0.15) is 22.3 Å². The van der Waals surface area contributed by atoms with Crippen molar-refractivity contribution in [1.29, 1.82) is 0 Å². The van der Waals surface area contributed by atoms with E-state index in [1.54, 1.807) is 0 Å². The highest BCUT2D eigenvalue weighted by Crippen LogP contribution is 2.49. The fraction of sp³-hybridized carbons (Fsp3) is 0. The number of para-hydroxylation sites is 1. The average Bonchev–Trinajstić information content (AvgIpc) is 3.74. The van der Waals surface area contributed by atoms with Crippen LogP contribution in [-0.4, -0.2) is 0 Å². The zero-order chi connectivity index (χ0) is 32.3. The molecular weight excluding hydrogens is 599 g/mol. The first-order valence-corrected chi connectivity index (χ1v) is 16.6. The normalized spacial score (nSPS) is 11.7. The van der Waals surface area contributed by atoms with Crippen LogP contribution in [0.4, 0.5) is 17.1 Å². The van der Waals surface area contributed by atoms with Gasteiger partial charge < -0.3 is 13.7 Å². The van der Waals surface area contributed by atoms with Crippen molar-refractivity contribution in [3.8, 4) is 22.3 Å². The summed E-state index contributed by atoms with van der Waals surface area (Å²) in [5.41, 5.74) is 11.3. The molecule has 8 aromatic carbocycles. The van der Waals surface area contributed by atoms with E-state index >= 15 is 0 Å². The van der Waals surface area contributed by atoms with Gasteiger partial charge in [0.15, 0.2) is 0 Å². The van der Waals surface area contributed by atoms with Crippen molar-refractivity contribution in [1.82, 2.24) is 0 Å². The van der Waals surface area contributed by atoms with E-state index < -0.39 is 0 Å². The Morgan fingerprint density at radius 1 is 0.306 bits per heavy atom. The third-order valence-electron chi connectivity index (χ3n) is 9.67. The summed E-state index contributed by atoms with van der Waals surface area (Å²) in [4.78, 5) is 2.41. The number of nitrogens with zero attached hydrogens (tertiary/aromatic N) is 1. The molecule has 0 N–H and O–H groups in total. The van der Waals surface area contributed by atoms with Crippen LogP contribution in [0.2, 0.25) is 0 Å². The van der Waals surface area contributed by atoms with Crippen molar-refractivity contribution in [3.63, 3.8) is 0 Å². The Morgan fingerprint density at radius 2 is 0.857 bits per heavy atom. The van der Waals surface area contributed by atoms with Gasteiger partial charge in [-0.2, -0.15) is 0 Å². The smallest absolute Gasteiger partial charge is 0.137 e. The summed E-state index contributed by atoms with van der Waals surface area (Å²) >= 11 is 0. The highest BCUT2D eigenvalue weighted by molar-refractivity contribution is 6.20. The molecule has 0 radical (unpaired) electrons. The van der Waals surface area contributed by atoms with Gasteiger partial charge in [-0.3, -0.25) is 0 Å². The van der Waals surface area contributed by atoms with Crippen molar-refractivity contribution in [2.75, 3.05) is 4.90 Å². The molecule has 0 saturated carbocycles. The van der Waals surface area contributed by atoms with Gasteiger partial charge >= 0.3 is 0 Å². The molecular formula is C46H29NO2. The van der Waals surface area contributed by atoms with Crippen molar-refractivity contribution >= 4 is 71.7 Å². The zero-order valence-electron chi connectivity index (χ0n) is 26.5. The summed E-state index contributed by atoms with van der Waals surface area (Å²) in [7, 11) is 0. The van der Waals surface area contributed by atoms with Gasteiger partial charge in [0.25, 0.3) is 0 Å². The van der Waals surface area contributed by atoms with Crippen LogP contribution in [-0.2, 0) is 0 Å². The van der Waals surface area contributed by atoms with Crippen LogP contribution < -0.4 is 4.90 Å². The highest BCUT2D eigenvalue weighted by Gasteiger charge is 2.25. The topological polar surface area (TPSA) is 29.5 Å². The largest absolute Gasteiger partial charge is 0.456 e. The van der Waals surface area contributed by atoms with E-state index in [1.807, 2.05) is 18.2 Å². The minimum Gasteiger partial charge on any atom is -0.456 e. The van der Waals surface area contributed by atoms with E-state index in [4.69, 9.17) is 8.83 Å². The molecule has 49 heavy (non-hydrogen) atoms. The molecule has 3 heteroatoms. The molecule has 2 aromatic heterocycles. The lowest BCUT2D eigenvalue weighted by Gasteiger charge is -2.28. The van der Waals surface area contributed by atoms with E-state index in [2.05, 4.69) is 163 Å². The molecule has 0 spiro atoms. The third-order valence-corrected chi connectivity index (χ3v) is 9.67. The summed E-state index contributed by atoms with van der Waals surface area (Å²) in [5, 5.41) is 6.65. The maximum Gasteiger partial charge on any atom is 0.137 e. The number of hydrogen-bond donors (Lipinski definition) is 0. The molecule has 0 atom stereocenters. The molecule has 0 amide bonds. The maximum absolute atomic E-state index is 6.64. The number of hydrogen-bond acceptors (Lipinski definition) is 3. The fourth-order valence-corrected chi connectivity index (χ4v) is 7.48. The van der Waals surface area contributed by atoms with Gasteiger partial charge in [-0.25, -0.2) is 0 Å². The maximum atomic E-state index is 6.64. The number of benzene rings is 8. The molecule has 0 aliphatic rings. The molecule has 2 heterocycles. The fourth-order valence-electron chi connectivity index (χ4n) is 7.48. The van der Waals surface area contributed by atoms with E-state index in [-0.39, 0.29) is 0 Å². The Morgan fingerprint density at radius 3 is 1.57 bits per heavy atom. The second kappa shape index (κ2) is 11.0. The van der Waals surface area contributed by atoms with E-state index in [9.17, 15) is 0 Å². The third kappa shape index (κ3) is 4.37. The summed E-state index contributed by atoms with van der Waals surface area (Å²) < 4.78 is 13.1. The molecule has 0 aliphatic heterocycles. The Kier molecular flexibility index (Phi) is 6.18. The zero-order valence-corrected chi connectivity index (χ0v) is 26.5. The van der Waals surface area contributed by atoms with Crippen molar-refractivity contribution in [2.45, 2.75) is 0 Å². The van der Waals surface area contributed by atoms with Crippen LogP contribution in [0.25, 0.3) is 76.9 Å². The predicted molar refractivity (Wildman–Crippen MR) is 204 cm³/mol. The molecule has 0 fully saturated rings. The van der Waals surface area contributed by atoms with Crippen LogP contribution in [0, 0.1) is 0 Å². The second-order valence-electron chi connectivity index (χ2n) is 12.5. The van der Waals surface area contributed by atoms with Gasteiger partial charge in [0, 0.05) is 16.2 Å². The molecule has 3 nitrogen and oxygen atoms in total. The number of rotatable bonds is 5. The molecule has 0 saturated heterocycles. The first-order chi connectivity index (χ1) is 24.3. The number of furan rings is 2. The summed E-state index contributed by atoms with van der Waals surface area (Å²) in [5.74, 6) is 0. The molecule has 10 rings (SSSR count). The van der Waals surface area contributed by atoms with Gasteiger partial charge in [0.2, 0.25) is 0 Å². The van der Waals surface area contributed by atoms with Gasteiger partial charge in [-0.15, -0.1) is 0 Å². The minimum absolute atomic E-state index is 0.845. The first-order valence-electron chi connectivity index (χ1n) is 16.6. The summed E-state index contributed by atoms with van der Waals surface area (Å²) in [6, 6.07) is 61.9. The molecule has 10 aromatic rings. The number of fused-ring (bicyclic) bond motifs is 7. The van der Waals surface area contributed by atoms with Crippen LogP contribution in [0.3, 0.4) is 0 Å². The second-order valence-corrected chi connectivity index (χ2v) is 12.5. The first kappa shape index (κ1) is 27.5. The lowest BCUT2D eigenvalue weighted by atomic mass is 9.95. The standard InChI is InChI=1S/C46H29NO2/c1-3-13-30(14-4-1)32-25-26-37-44(29-32)49-43-24-12-21-40(46(37)43)47(39-20-11-23-42-45(39)36-19-9-10-22-41(36)48-42)38-28-27-33(31-15-5-2-6-16-31)34-17-7-8-18-35(34)38/h1-29H. The average molecular weight is 628 g/mol. The molecule has 0 aliphatic carbocycles. The Labute approximate surface area is 282 Å². The lowest BCUT2D eigenvalue weighted by Crippen LogP contribution is -2.11.